The lowest BCUT2D eigenvalue weighted by Crippen LogP contribution is -2.02. The largest absolute Gasteiger partial charge is 0.496 e. The van der Waals surface area contributed by atoms with Gasteiger partial charge in [0.1, 0.15) is 11.6 Å². The van der Waals surface area contributed by atoms with E-state index < -0.39 is 0 Å². The Morgan fingerprint density at radius 3 is 2.77 bits per heavy atom. The Labute approximate surface area is 134 Å². The first-order chi connectivity index (χ1) is 10.6. The van der Waals surface area contributed by atoms with Crippen molar-refractivity contribution in [1.82, 2.24) is 0 Å². The summed E-state index contributed by atoms with van der Waals surface area (Å²) in [6.45, 7) is 7.90. The molecule has 1 aliphatic rings. The van der Waals surface area contributed by atoms with Crippen LogP contribution in [-0.2, 0) is 5.88 Å². The van der Waals surface area contributed by atoms with Gasteiger partial charge in [-0.25, -0.2) is 4.39 Å². The van der Waals surface area contributed by atoms with E-state index in [-0.39, 0.29) is 11.7 Å². The smallest absolute Gasteiger partial charge is 0.131 e. The van der Waals surface area contributed by atoms with Crippen LogP contribution in [0, 0.1) is 5.82 Å². The van der Waals surface area contributed by atoms with Crippen molar-refractivity contribution in [2.24, 2.45) is 0 Å². The number of allylic oxidation sites excluding steroid dienone is 2. The highest BCUT2D eigenvalue weighted by atomic mass is 35.5. The van der Waals surface area contributed by atoms with Crippen molar-refractivity contribution in [3.63, 3.8) is 0 Å². The van der Waals surface area contributed by atoms with E-state index in [1.54, 1.807) is 19.3 Å². The van der Waals surface area contributed by atoms with Crippen LogP contribution >= 0.6 is 11.6 Å². The van der Waals surface area contributed by atoms with Gasteiger partial charge in [-0.3, -0.25) is 0 Å². The summed E-state index contributed by atoms with van der Waals surface area (Å²) in [4.78, 5) is 0. The third-order valence-electron chi connectivity index (χ3n) is 4.15. The normalized spacial score (nSPS) is 15.1. The van der Waals surface area contributed by atoms with Crippen LogP contribution in [0.1, 0.15) is 22.6 Å². The zero-order valence-electron chi connectivity index (χ0n) is 12.3. The number of methoxy groups -OCH3 is 1. The minimum atomic E-state index is -0.255. The molecule has 0 spiro atoms. The molecule has 3 rings (SSSR count). The van der Waals surface area contributed by atoms with Crippen LogP contribution in [0.5, 0.6) is 5.75 Å². The Kier molecular flexibility index (Phi) is 3.79. The Morgan fingerprint density at radius 1 is 1.36 bits per heavy atom. The summed E-state index contributed by atoms with van der Waals surface area (Å²) in [6.07, 6.45) is 1.71. The predicted molar refractivity (Wildman–Crippen MR) is 89.1 cm³/mol. The number of hydrogen-bond acceptors (Lipinski definition) is 1. The molecule has 0 saturated heterocycles. The van der Waals surface area contributed by atoms with E-state index in [4.69, 9.17) is 16.3 Å². The first-order valence-corrected chi connectivity index (χ1v) is 7.52. The van der Waals surface area contributed by atoms with Gasteiger partial charge in [0.15, 0.2) is 0 Å². The molecule has 0 aromatic heterocycles. The van der Waals surface area contributed by atoms with Crippen LogP contribution < -0.4 is 4.74 Å². The fourth-order valence-corrected chi connectivity index (χ4v) is 3.30. The van der Waals surface area contributed by atoms with Crippen LogP contribution in [0.3, 0.4) is 0 Å². The van der Waals surface area contributed by atoms with Gasteiger partial charge in [0.25, 0.3) is 0 Å². The SMILES string of the molecule is C=CC(=C)C1c2cc(CCl)ccc2-c2c(F)ccc(OC)c21. The number of benzene rings is 2. The van der Waals surface area contributed by atoms with Gasteiger partial charge in [-0.05, 0) is 34.4 Å². The third-order valence-corrected chi connectivity index (χ3v) is 4.46. The lowest BCUT2D eigenvalue weighted by Gasteiger charge is -2.17. The summed E-state index contributed by atoms with van der Waals surface area (Å²) in [6, 6.07) is 8.96. The molecule has 0 radical (unpaired) electrons. The monoisotopic (exact) mass is 314 g/mol. The lowest BCUT2D eigenvalue weighted by atomic mass is 9.89. The topological polar surface area (TPSA) is 9.23 Å². The summed E-state index contributed by atoms with van der Waals surface area (Å²) in [5.74, 6) is 0.663. The fraction of sp³-hybridized carbons (Fsp3) is 0.158. The minimum Gasteiger partial charge on any atom is -0.496 e. The maximum atomic E-state index is 14.5. The molecule has 0 amide bonds. The summed E-state index contributed by atoms with van der Waals surface area (Å²) < 4.78 is 19.9. The molecular formula is C19H16ClFO. The van der Waals surface area contributed by atoms with Gasteiger partial charge in [-0.1, -0.05) is 37.4 Å². The molecule has 0 bridgehead atoms. The number of alkyl halides is 1. The quantitative estimate of drug-likeness (QED) is 0.540. The summed E-state index contributed by atoms with van der Waals surface area (Å²) in [7, 11) is 1.59. The molecule has 2 aromatic rings. The summed E-state index contributed by atoms with van der Waals surface area (Å²) in [5, 5.41) is 0. The molecule has 0 saturated carbocycles. The highest BCUT2D eigenvalue weighted by Crippen LogP contribution is 2.52. The summed E-state index contributed by atoms with van der Waals surface area (Å²) >= 11 is 5.95. The van der Waals surface area contributed by atoms with Crippen molar-refractivity contribution >= 4 is 11.6 Å². The number of rotatable bonds is 4. The molecule has 112 valence electrons. The molecule has 0 N–H and O–H groups in total. The van der Waals surface area contributed by atoms with E-state index in [1.165, 1.54) is 6.07 Å². The molecule has 1 aliphatic carbocycles. The number of halogens is 2. The molecule has 0 heterocycles. The van der Waals surface area contributed by atoms with E-state index in [0.29, 0.717) is 17.2 Å². The van der Waals surface area contributed by atoms with E-state index in [9.17, 15) is 4.39 Å². The van der Waals surface area contributed by atoms with Crippen LogP contribution in [-0.4, -0.2) is 7.11 Å². The van der Waals surface area contributed by atoms with Crippen LogP contribution in [0.15, 0.2) is 55.1 Å². The van der Waals surface area contributed by atoms with Gasteiger partial charge in [0, 0.05) is 22.9 Å². The fourth-order valence-electron chi connectivity index (χ4n) is 3.13. The van der Waals surface area contributed by atoms with Gasteiger partial charge in [0.05, 0.1) is 7.11 Å². The molecule has 1 unspecified atom stereocenters. The average Bonchev–Trinajstić information content (AvgIpc) is 2.89. The second-order valence-electron chi connectivity index (χ2n) is 5.31. The second kappa shape index (κ2) is 5.62. The third kappa shape index (κ3) is 2.06. The Balaban J connectivity index is 2.36. The second-order valence-corrected chi connectivity index (χ2v) is 5.57. The number of hydrogen-bond donors (Lipinski definition) is 0. The zero-order valence-corrected chi connectivity index (χ0v) is 13.1. The van der Waals surface area contributed by atoms with E-state index in [2.05, 4.69) is 13.2 Å². The van der Waals surface area contributed by atoms with E-state index >= 15 is 0 Å². The first kappa shape index (κ1) is 14.9. The number of ether oxygens (including phenoxy) is 1. The van der Waals surface area contributed by atoms with Crippen molar-refractivity contribution in [3.8, 4) is 16.9 Å². The van der Waals surface area contributed by atoms with Gasteiger partial charge in [-0.2, -0.15) is 0 Å². The molecular weight excluding hydrogens is 299 g/mol. The Bertz CT molecular complexity index is 779. The molecule has 0 fully saturated rings. The molecule has 2 aromatic carbocycles. The van der Waals surface area contributed by atoms with E-state index in [1.807, 2.05) is 18.2 Å². The van der Waals surface area contributed by atoms with Crippen LogP contribution in [0.25, 0.3) is 11.1 Å². The minimum absolute atomic E-state index is 0.156. The van der Waals surface area contributed by atoms with Crippen molar-refractivity contribution in [1.29, 1.82) is 0 Å². The molecule has 0 aliphatic heterocycles. The van der Waals surface area contributed by atoms with Crippen LogP contribution in [0.2, 0.25) is 0 Å². The van der Waals surface area contributed by atoms with Gasteiger partial charge in [-0.15, -0.1) is 11.6 Å². The molecule has 22 heavy (non-hydrogen) atoms. The Hall–Kier alpha value is -2.06. The zero-order chi connectivity index (χ0) is 15.9. The molecule has 1 nitrogen and oxygen atoms in total. The molecule has 1 atom stereocenters. The lowest BCUT2D eigenvalue weighted by molar-refractivity contribution is 0.408. The van der Waals surface area contributed by atoms with Gasteiger partial charge in [0.2, 0.25) is 0 Å². The van der Waals surface area contributed by atoms with Crippen LogP contribution in [0.4, 0.5) is 4.39 Å². The Morgan fingerprint density at radius 2 is 2.14 bits per heavy atom. The standard InChI is InChI=1S/C19H16ClFO/c1-4-11(2)17-14-9-12(10-20)5-6-13(14)18-15(21)7-8-16(22-3)19(17)18/h4-9,17H,1-2,10H2,3H3. The van der Waals surface area contributed by atoms with Gasteiger partial charge >= 0.3 is 0 Å². The van der Waals surface area contributed by atoms with Crippen molar-refractivity contribution in [3.05, 3.63) is 77.6 Å². The first-order valence-electron chi connectivity index (χ1n) is 6.99. The van der Waals surface area contributed by atoms with Crippen molar-refractivity contribution in [2.75, 3.05) is 7.11 Å². The summed E-state index contributed by atoms with van der Waals surface area (Å²) in [5.41, 5.74) is 5.08. The average molecular weight is 315 g/mol. The number of fused-ring (bicyclic) bond motifs is 3. The highest BCUT2D eigenvalue weighted by molar-refractivity contribution is 6.17. The van der Waals surface area contributed by atoms with Gasteiger partial charge < -0.3 is 4.74 Å². The van der Waals surface area contributed by atoms with E-state index in [0.717, 1.165) is 27.8 Å². The maximum absolute atomic E-state index is 14.5. The molecule has 3 heteroatoms. The maximum Gasteiger partial charge on any atom is 0.131 e. The predicted octanol–water partition coefficient (Wildman–Crippen LogP) is 5.43. The highest BCUT2D eigenvalue weighted by Gasteiger charge is 2.34. The van der Waals surface area contributed by atoms with Crippen molar-refractivity contribution < 1.29 is 9.13 Å². The van der Waals surface area contributed by atoms with Crippen molar-refractivity contribution in [2.45, 2.75) is 11.8 Å².